The first-order valence-corrected chi connectivity index (χ1v) is 10.7. The number of benzene rings is 3. The maximum absolute atomic E-state index is 14.8. The molecule has 32 heavy (non-hydrogen) atoms. The van der Waals surface area contributed by atoms with Crippen LogP contribution in [0.1, 0.15) is 33.6 Å². The number of likely N-dealkylation sites (tertiary alicyclic amines) is 1. The number of hydrogen-bond acceptors (Lipinski definition) is 4. The first-order chi connectivity index (χ1) is 15.6. The molecule has 5 nitrogen and oxygen atoms in total. The number of piperidine rings is 1. The van der Waals surface area contributed by atoms with E-state index in [1.165, 1.54) is 6.07 Å². The molecule has 0 aliphatic carbocycles. The number of fused-ring (bicyclic) bond motifs is 1. The van der Waals surface area contributed by atoms with Crippen LogP contribution in [0.4, 0.5) is 4.39 Å². The van der Waals surface area contributed by atoms with Crippen molar-refractivity contribution in [3.63, 3.8) is 0 Å². The molecule has 3 aromatic carbocycles. The van der Waals surface area contributed by atoms with Crippen molar-refractivity contribution in [3.8, 4) is 22.6 Å². The highest BCUT2D eigenvalue weighted by Gasteiger charge is 2.30. The first kappa shape index (κ1) is 20.2. The Morgan fingerprint density at radius 2 is 1.69 bits per heavy atom. The molecule has 1 amide bonds. The van der Waals surface area contributed by atoms with Gasteiger partial charge in [-0.25, -0.2) is 4.39 Å². The van der Waals surface area contributed by atoms with Crippen LogP contribution in [0.15, 0.2) is 66.7 Å². The number of rotatable bonds is 4. The maximum atomic E-state index is 14.8. The quantitative estimate of drug-likeness (QED) is 0.548. The predicted octanol–water partition coefficient (Wildman–Crippen LogP) is 4.96. The molecular formula is C26H22FNO4. The fourth-order valence-corrected chi connectivity index (χ4v) is 4.34. The van der Waals surface area contributed by atoms with Crippen LogP contribution in [0.3, 0.4) is 0 Å². The summed E-state index contributed by atoms with van der Waals surface area (Å²) >= 11 is 0. The smallest absolute Gasteiger partial charge is 0.254 e. The summed E-state index contributed by atoms with van der Waals surface area (Å²) < 4.78 is 25.4. The van der Waals surface area contributed by atoms with Crippen LogP contribution < -0.4 is 9.47 Å². The Kier molecular flexibility index (Phi) is 5.35. The second-order valence-corrected chi connectivity index (χ2v) is 8.08. The van der Waals surface area contributed by atoms with Crippen LogP contribution >= 0.6 is 0 Å². The van der Waals surface area contributed by atoms with Crippen molar-refractivity contribution in [2.24, 2.45) is 5.92 Å². The van der Waals surface area contributed by atoms with Gasteiger partial charge in [-0.1, -0.05) is 42.5 Å². The molecule has 5 rings (SSSR count). The van der Waals surface area contributed by atoms with E-state index in [2.05, 4.69) is 0 Å². The van der Waals surface area contributed by atoms with Gasteiger partial charge in [0.15, 0.2) is 17.3 Å². The number of amides is 1. The molecule has 1 fully saturated rings. The molecule has 0 radical (unpaired) electrons. The van der Waals surface area contributed by atoms with E-state index in [0.717, 1.165) is 12.0 Å². The van der Waals surface area contributed by atoms with E-state index in [9.17, 15) is 14.0 Å². The lowest BCUT2D eigenvalue weighted by Gasteiger charge is -2.32. The number of nitrogens with zero attached hydrogens (tertiary/aromatic N) is 1. The zero-order chi connectivity index (χ0) is 22.1. The molecule has 0 saturated carbocycles. The number of ketones is 1. The number of halogens is 1. The molecule has 162 valence electrons. The molecule has 0 bridgehead atoms. The average Bonchev–Trinajstić information content (AvgIpc) is 3.31. The van der Waals surface area contributed by atoms with E-state index in [4.69, 9.17) is 9.47 Å². The van der Waals surface area contributed by atoms with E-state index < -0.39 is 5.82 Å². The fraction of sp³-hybridized carbons (Fsp3) is 0.231. The lowest BCUT2D eigenvalue weighted by atomic mass is 9.89. The molecule has 3 aromatic rings. The van der Waals surface area contributed by atoms with Gasteiger partial charge >= 0.3 is 0 Å². The van der Waals surface area contributed by atoms with Crippen molar-refractivity contribution in [1.82, 2.24) is 4.90 Å². The summed E-state index contributed by atoms with van der Waals surface area (Å²) in [6, 6.07) is 19.0. The first-order valence-electron chi connectivity index (χ1n) is 10.7. The summed E-state index contributed by atoms with van der Waals surface area (Å²) in [7, 11) is 0. The lowest BCUT2D eigenvalue weighted by molar-refractivity contribution is 0.0636. The molecule has 0 aromatic heterocycles. The third kappa shape index (κ3) is 3.84. The number of ether oxygens (including phenoxy) is 2. The Bertz CT molecular complexity index is 1180. The molecule has 1 atom stereocenters. The largest absolute Gasteiger partial charge is 0.454 e. The predicted molar refractivity (Wildman–Crippen MR) is 117 cm³/mol. The topological polar surface area (TPSA) is 55.8 Å². The zero-order valence-corrected chi connectivity index (χ0v) is 17.4. The minimum absolute atomic E-state index is 0.133. The molecule has 0 spiro atoms. The van der Waals surface area contributed by atoms with Crippen LogP contribution in [0, 0.1) is 11.7 Å². The van der Waals surface area contributed by atoms with Gasteiger partial charge in [-0.2, -0.15) is 0 Å². The lowest BCUT2D eigenvalue weighted by Crippen LogP contribution is -2.42. The van der Waals surface area contributed by atoms with E-state index >= 15 is 0 Å². The van der Waals surface area contributed by atoms with Crippen molar-refractivity contribution in [2.45, 2.75) is 12.8 Å². The molecule has 2 heterocycles. The Hall–Kier alpha value is -3.67. The van der Waals surface area contributed by atoms with Crippen molar-refractivity contribution >= 4 is 11.7 Å². The van der Waals surface area contributed by atoms with Crippen LogP contribution in [-0.4, -0.2) is 36.5 Å². The standard InChI is InChI=1S/C26H22FNO4/c27-22-13-18(8-10-21(22)17-5-2-1-3-6-17)25(29)20-7-4-12-28(15-20)26(30)19-9-11-23-24(14-19)32-16-31-23/h1-3,5-6,8-11,13-14,20H,4,7,12,15-16H2/t20-/m0/s1. The minimum atomic E-state index is -0.425. The second kappa shape index (κ2) is 8.46. The average molecular weight is 431 g/mol. The van der Waals surface area contributed by atoms with Crippen molar-refractivity contribution in [3.05, 3.63) is 83.7 Å². The van der Waals surface area contributed by atoms with Crippen LogP contribution in [-0.2, 0) is 0 Å². The monoisotopic (exact) mass is 431 g/mol. The summed E-state index contributed by atoms with van der Waals surface area (Å²) in [6.45, 7) is 1.04. The minimum Gasteiger partial charge on any atom is -0.454 e. The van der Waals surface area contributed by atoms with Crippen LogP contribution in [0.2, 0.25) is 0 Å². The Labute approximate surface area is 185 Å². The Morgan fingerprint density at radius 1 is 0.906 bits per heavy atom. The zero-order valence-electron chi connectivity index (χ0n) is 17.4. The van der Waals surface area contributed by atoms with Gasteiger partial charge < -0.3 is 14.4 Å². The summed E-state index contributed by atoms with van der Waals surface area (Å²) in [6.07, 6.45) is 1.39. The summed E-state index contributed by atoms with van der Waals surface area (Å²) in [5, 5.41) is 0. The summed E-state index contributed by atoms with van der Waals surface area (Å²) in [5.41, 5.74) is 2.07. The van der Waals surface area contributed by atoms with Crippen molar-refractivity contribution in [1.29, 1.82) is 0 Å². The van der Waals surface area contributed by atoms with Gasteiger partial charge in [0.1, 0.15) is 5.82 Å². The maximum Gasteiger partial charge on any atom is 0.254 e. The molecule has 1 saturated heterocycles. The third-order valence-corrected chi connectivity index (χ3v) is 6.04. The number of hydrogen-bond donors (Lipinski definition) is 0. The highest BCUT2D eigenvalue weighted by atomic mass is 19.1. The number of carbonyl (C=O) groups is 2. The highest BCUT2D eigenvalue weighted by Crippen LogP contribution is 2.33. The normalized spacial score (nSPS) is 17.3. The number of carbonyl (C=O) groups excluding carboxylic acids is 2. The van der Waals surface area contributed by atoms with E-state index in [1.807, 2.05) is 30.3 Å². The van der Waals surface area contributed by atoms with E-state index in [0.29, 0.717) is 47.7 Å². The van der Waals surface area contributed by atoms with E-state index in [1.54, 1.807) is 35.2 Å². The fourth-order valence-electron chi connectivity index (χ4n) is 4.34. The molecule has 2 aliphatic rings. The van der Waals surface area contributed by atoms with E-state index in [-0.39, 0.29) is 24.4 Å². The van der Waals surface area contributed by atoms with Gasteiger partial charge in [0.25, 0.3) is 5.91 Å². The molecule has 6 heteroatoms. The van der Waals surface area contributed by atoms with Gasteiger partial charge in [-0.3, -0.25) is 9.59 Å². The van der Waals surface area contributed by atoms with Crippen LogP contribution in [0.5, 0.6) is 11.5 Å². The van der Waals surface area contributed by atoms with Gasteiger partial charge in [0.2, 0.25) is 6.79 Å². The highest BCUT2D eigenvalue weighted by molar-refractivity contribution is 6.00. The van der Waals surface area contributed by atoms with Gasteiger partial charge in [0, 0.05) is 35.7 Å². The van der Waals surface area contributed by atoms with Gasteiger partial charge in [0.05, 0.1) is 0 Å². The molecule has 0 N–H and O–H groups in total. The molecule has 2 aliphatic heterocycles. The number of Topliss-reactive ketones (excluding diaryl/α,β-unsaturated/α-hetero) is 1. The molecular weight excluding hydrogens is 409 g/mol. The van der Waals surface area contributed by atoms with Crippen molar-refractivity contribution < 1.29 is 23.5 Å². The summed E-state index contributed by atoms with van der Waals surface area (Å²) in [4.78, 5) is 27.8. The SMILES string of the molecule is O=C(c1ccc(-c2ccccc2)c(F)c1)[C@H]1CCCN(C(=O)c2ccc3c(c2)OCO3)C1. The van der Waals surface area contributed by atoms with Gasteiger partial charge in [-0.15, -0.1) is 0 Å². The Morgan fingerprint density at radius 3 is 2.50 bits per heavy atom. The van der Waals surface area contributed by atoms with Crippen molar-refractivity contribution in [2.75, 3.05) is 19.9 Å². The Balaban J connectivity index is 1.31. The van der Waals surface area contributed by atoms with Gasteiger partial charge in [-0.05, 0) is 42.7 Å². The third-order valence-electron chi connectivity index (χ3n) is 6.04. The molecule has 0 unspecified atom stereocenters. The second-order valence-electron chi connectivity index (χ2n) is 8.08. The summed E-state index contributed by atoms with van der Waals surface area (Å²) in [5.74, 6) is 0.108. The van der Waals surface area contributed by atoms with Crippen LogP contribution in [0.25, 0.3) is 11.1 Å².